The van der Waals surface area contributed by atoms with Crippen molar-refractivity contribution in [3.63, 3.8) is 0 Å². The summed E-state index contributed by atoms with van der Waals surface area (Å²) in [5.74, 6) is -0.927. The highest BCUT2D eigenvalue weighted by molar-refractivity contribution is 14.1. The number of nitrogens with two attached hydrogens (primary N) is 1. The van der Waals surface area contributed by atoms with Gasteiger partial charge in [0.05, 0.1) is 20.5 Å². The summed E-state index contributed by atoms with van der Waals surface area (Å²) in [6, 6.07) is 8.05. The molecular formula is C22H26ClIN4O3Si. The zero-order valence-corrected chi connectivity index (χ0v) is 22.4. The summed E-state index contributed by atoms with van der Waals surface area (Å²) in [6.07, 6.45) is 1.62. The number of carboxylic acids is 1. The van der Waals surface area contributed by atoms with E-state index in [1.165, 1.54) is 0 Å². The van der Waals surface area contributed by atoms with Crippen LogP contribution in [0.25, 0.3) is 22.6 Å². The average molecular weight is 585 g/mol. The average Bonchev–Trinajstić information content (AvgIpc) is 3.07. The first-order valence-electron chi connectivity index (χ1n) is 10.1. The fourth-order valence-corrected chi connectivity index (χ4v) is 4.74. The first-order chi connectivity index (χ1) is 15.0. The SMILES string of the molecule is Cc1ccc(Cl)cc1-c1c(C(=O)O)cc(-c2nc(N)ncc2I)n1COCC[Si](C)(C)C. The summed E-state index contributed by atoms with van der Waals surface area (Å²) in [4.78, 5) is 20.7. The lowest BCUT2D eigenvalue weighted by molar-refractivity contribution is 0.0696. The summed E-state index contributed by atoms with van der Waals surface area (Å²) in [5.41, 5.74) is 9.31. The molecular weight excluding hydrogens is 559 g/mol. The number of nitrogens with zero attached hydrogens (tertiary/aromatic N) is 3. The van der Waals surface area contributed by atoms with Gasteiger partial charge >= 0.3 is 5.97 Å². The second-order valence-electron chi connectivity index (χ2n) is 8.76. The van der Waals surface area contributed by atoms with E-state index in [-0.39, 0.29) is 18.2 Å². The Labute approximate surface area is 207 Å². The van der Waals surface area contributed by atoms with E-state index in [2.05, 4.69) is 52.2 Å². The maximum atomic E-state index is 12.3. The monoisotopic (exact) mass is 584 g/mol. The fraction of sp³-hybridized carbons (Fsp3) is 0.318. The zero-order chi connectivity index (χ0) is 23.6. The Balaban J connectivity index is 2.21. The van der Waals surface area contributed by atoms with Gasteiger partial charge in [0, 0.05) is 31.5 Å². The molecule has 3 N–H and O–H groups in total. The standard InChI is InChI=1S/C22H26ClIN4O3Si/c1-13-5-6-14(23)9-15(13)20-16(21(29)30)10-18(19-17(24)11-26-22(25)27-19)28(20)12-31-7-8-32(2,3)4/h5-6,9-11H,7-8,12H2,1-4H3,(H,29,30)(H2,25,26,27). The van der Waals surface area contributed by atoms with Crippen molar-refractivity contribution in [3.8, 4) is 22.6 Å². The summed E-state index contributed by atoms with van der Waals surface area (Å²) < 4.78 is 8.65. The molecule has 0 unspecified atom stereocenters. The van der Waals surface area contributed by atoms with Crippen molar-refractivity contribution < 1.29 is 14.6 Å². The molecule has 3 rings (SSSR count). The lowest BCUT2D eigenvalue weighted by atomic mass is 10.0. The zero-order valence-electron chi connectivity index (χ0n) is 18.4. The maximum Gasteiger partial charge on any atom is 0.337 e. The van der Waals surface area contributed by atoms with Gasteiger partial charge in [-0.2, -0.15) is 0 Å². The highest BCUT2D eigenvalue weighted by Gasteiger charge is 2.25. The van der Waals surface area contributed by atoms with Gasteiger partial charge in [-0.25, -0.2) is 14.8 Å². The molecule has 10 heteroatoms. The molecule has 1 aromatic carbocycles. The highest BCUT2D eigenvalue weighted by Crippen LogP contribution is 2.37. The minimum Gasteiger partial charge on any atom is -0.478 e. The normalized spacial score (nSPS) is 11.7. The van der Waals surface area contributed by atoms with Crippen molar-refractivity contribution >= 4 is 54.2 Å². The Morgan fingerprint density at radius 2 is 2.03 bits per heavy atom. The summed E-state index contributed by atoms with van der Waals surface area (Å²) in [6.45, 7) is 9.54. The number of carboxylic acid groups (broad SMARTS) is 1. The van der Waals surface area contributed by atoms with E-state index in [4.69, 9.17) is 22.1 Å². The maximum absolute atomic E-state index is 12.3. The Morgan fingerprint density at radius 1 is 1.31 bits per heavy atom. The lowest BCUT2D eigenvalue weighted by Crippen LogP contribution is -2.22. The third-order valence-corrected chi connectivity index (χ3v) is 7.73. The summed E-state index contributed by atoms with van der Waals surface area (Å²) in [7, 11) is -1.28. The van der Waals surface area contributed by atoms with Gasteiger partial charge in [-0.05, 0) is 59.3 Å². The molecule has 0 aliphatic rings. The van der Waals surface area contributed by atoms with Gasteiger partial charge in [0.1, 0.15) is 12.4 Å². The molecule has 0 aliphatic heterocycles. The summed E-state index contributed by atoms with van der Waals surface area (Å²) in [5, 5.41) is 10.6. The van der Waals surface area contributed by atoms with Gasteiger partial charge in [-0.3, -0.25) is 0 Å². The molecule has 2 aromatic heterocycles. The largest absolute Gasteiger partial charge is 0.478 e. The van der Waals surface area contributed by atoms with Crippen LogP contribution >= 0.6 is 34.2 Å². The van der Waals surface area contributed by atoms with E-state index in [0.717, 1.165) is 20.7 Å². The van der Waals surface area contributed by atoms with Gasteiger partial charge in [0.2, 0.25) is 5.95 Å². The third kappa shape index (κ3) is 5.69. The second-order valence-corrected chi connectivity index (χ2v) is 16.0. The Morgan fingerprint density at radius 3 is 2.69 bits per heavy atom. The van der Waals surface area contributed by atoms with Crippen molar-refractivity contribution in [2.24, 2.45) is 0 Å². The van der Waals surface area contributed by atoms with E-state index < -0.39 is 14.0 Å². The number of anilines is 1. The molecule has 0 atom stereocenters. The Bertz CT molecular complexity index is 1160. The number of aromatic carboxylic acids is 1. The fourth-order valence-electron chi connectivity index (χ4n) is 3.28. The number of hydrogen-bond donors (Lipinski definition) is 2. The van der Waals surface area contributed by atoms with Crippen LogP contribution in [0.4, 0.5) is 5.95 Å². The molecule has 0 radical (unpaired) electrons. The number of halogens is 2. The number of benzene rings is 1. The number of aromatic nitrogens is 3. The predicted octanol–water partition coefficient (Wildman–Crippen LogP) is 5.77. The van der Waals surface area contributed by atoms with Crippen LogP contribution in [0, 0.1) is 10.5 Å². The molecule has 2 heterocycles. The van der Waals surface area contributed by atoms with Crippen molar-refractivity contribution in [1.82, 2.24) is 14.5 Å². The van der Waals surface area contributed by atoms with Crippen LogP contribution in [0.5, 0.6) is 0 Å². The van der Waals surface area contributed by atoms with E-state index in [9.17, 15) is 9.90 Å². The lowest BCUT2D eigenvalue weighted by Gasteiger charge is -2.19. The first-order valence-corrected chi connectivity index (χ1v) is 15.2. The number of nitrogen functional groups attached to an aromatic ring is 1. The second kappa shape index (κ2) is 9.90. The number of rotatable bonds is 8. The van der Waals surface area contributed by atoms with Crippen molar-refractivity contribution in [2.75, 3.05) is 12.3 Å². The van der Waals surface area contributed by atoms with Gasteiger partial charge in [0.25, 0.3) is 0 Å². The number of ether oxygens (including phenoxy) is 1. The molecule has 0 spiro atoms. The van der Waals surface area contributed by atoms with Crippen molar-refractivity contribution in [2.45, 2.75) is 39.3 Å². The molecule has 0 bridgehead atoms. The van der Waals surface area contributed by atoms with Crippen LogP contribution < -0.4 is 5.73 Å². The van der Waals surface area contributed by atoms with E-state index in [1.54, 1.807) is 24.4 Å². The van der Waals surface area contributed by atoms with Crippen LogP contribution in [0.15, 0.2) is 30.5 Å². The number of aryl methyl sites for hydroxylation is 1. The quantitative estimate of drug-likeness (QED) is 0.198. The minimum absolute atomic E-state index is 0.116. The molecule has 0 saturated heterocycles. The van der Waals surface area contributed by atoms with Crippen molar-refractivity contribution in [1.29, 1.82) is 0 Å². The minimum atomic E-state index is -1.28. The highest BCUT2D eigenvalue weighted by atomic mass is 127. The van der Waals surface area contributed by atoms with Gasteiger partial charge < -0.3 is 20.1 Å². The predicted molar refractivity (Wildman–Crippen MR) is 139 cm³/mol. The van der Waals surface area contributed by atoms with Crippen LogP contribution in [0.3, 0.4) is 0 Å². The molecule has 170 valence electrons. The Kier molecular flexibility index (Phi) is 7.64. The Hall–Kier alpha value is -1.95. The van der Waals surface area contributed by atoms with Crippen molar-refractivity contribution in [3.05, 3.63) is 50.2 Å². The van der Waals surface area contributed by atoms with Crippen LogP contribution in [0.1, 0.15) is 15.9 Å². The van der Waals surface area contributed by atoms with Gasteiger partial charge in [-0.15, -0.1) is 0 Å². The molecule has 7 nitrogen and oxygen atoms in total. The van der Waals surface area contributed by atoms with Crippen LogP contribution in [-0.2, 0) is 11.5 Å². The third-order valence-electron chi connectivity index (χ3n) is 5.00. The first kappa shape index (κ1) is 24.7. The smallest absolute Gasteiger partial charge is 0.337 e. The molecule has 0 amide bonds. The van der Waals surface area contributed by atoms with E-state index in [0.29, 0.717) is 28.7 Å². The molecule has 0 aliphatic carbocycles. The van der Waals surface area contributed by atoms with Gasteiger partial charge in [0.15, 0.2) is 0 Å². The summed E-state index contributed by atoms with van der Waals surface area (Å²) >= 11 is 8.40. The number of hydrogen-bond acceptors (Lipinski definition) is 5. The molecule has 32 heavy (non-hydrogen) atoms. The van der Waals surface area contributed by atoms with Crippen LogP contribution in [0.2, 0.25) is 30.7 Å². The van der Waals surface area contributed by atoms with E-state index >= 15 is 0 Å². The van der Waals surface area contributed by atoms with Gasteiger partial charge in [-0.1, -0.05) is 37.3 Å². The van der Waals surface area contributed by atoms with E-state index in [1.807, 2.05) is 17.6 Å². The molecule has 0 fully saturated rings. The number of carbonyl (C=O) groups is 1. The molecule has 3 aromatic rings. The topological polar surface area (TPSA) is 103 Å². The van der Waals surface area contributed by atoms with Crippen LogP contribution in [-0.4, -0.2) is 40.3 Å². The molecule has 0 saturated carbocycles.